The molecule has 3 heteroatoms. The van der Waals surface area contributed by atoms with Gasteiger partial charge in [-0.3, -0.25) is 5.32 Å². The van der Waals surface area contributed by atoms with E-state index in [2.05, 4.69) is 151 Å². The van der Waals surface area contributed by atoms with Gasteiger partial charge in [-0.25, -0.2) is 4.98 Å². The van der Waals surface area contributed by atoms with E-state index in [9.17, 15) is 0 Å². The number of hydrogen-bond acceptors (Lipinski definition) is 3. The van der Waals surface area contributed by atoms with Gasteiger partial charge in [-0.15, -0.1) is 0 Å². The van der Waals surface area contributed by atoms with Gasteiger partial charge in [-0.2, -0.15) is 0 Å². The number of benzene rings is 7. The first-order valence-electron chi connectivity index (χ1n) is 15.7. The Morgan fingerprint density at radius 3 is 1.83 bits per heavy atom. The summed E-state index contributed by atoms with van der Waals surface area (Å²) in [5.41, 5.74) is 16.7. The van der Waals surface area contributed by atoms with Crippen molar-refractivity contribution in [1.82, 2.24) is 10.3 Å². The van der Waals surface area contributed by atoms with Gasteiger partial charge < -0.3 is 5.73 Å². The molecule has 0 saturated heterocycles. The molecule has 0 aliphatic carbocycles. The van der Waals surface area contributed by atoms with Gasteiger partial charge in [0.15, 0.2) is 0 Å². The normalized spacial score (nSPS) is 12.1. The van der Waals surface area contributed by atoms with E-state index in [1.807, 2.05) is 18.2 Å². The molecule has 0 radical (unpaired) electrons. The first-order valence-corrected chi connectivity index (χ1v) is 15.7. The zero-order chi connectivity index (χ0) is 30.9. The summed E-state index contributed by atoms with van der Waals surface area (Å²) >= 11 is 0. The summed E-state index contributed by atoms with van der Waals surface area (Å²) in [6, 6.07) is 58.0. The lowest BCUT2D eigenvalue weighted by Gasteiger charge is -2.16. The van der Waals surface area contributed by atoms with Crippen LogP contribution in [0.1, 0.15) is 17.3 Å². The van der Waals surface area contributed by atoms with Gasteiger partial charge in [-0.05, 0) is 85.9 Å². The number of para-hydroxylation sites is 1. The van der Waals surface area contributed by atoms with E-state index >= 15 is 0 Å². The van der Waals surface area contributed by atoms with Crippen LogP contribution in [0.5, 0.6) is 0 Å². The molecule has 46 heavy (non-hydrogen) atoms. The van der Waals surface area contributed by atoms with Crippen molar-refractivity contribution >= 4 is 32.4 Å². The van der Waals surface area contributed by atoms with Gasteiger partial charge in [0.1, 0.15) is 0 Å². The number of nitrogens with one attached hydrogen (secondary N) is 1. The number of fused-ring (bicyclic) bond motifs is 4. The smallest absolute Gasteiger partial charge is 0.0812 e. The summed E-state index contributed by atoms with van der Waals surface area (Å²) in [5.74, 6) is 0. The van der Waals surface area contributed by atoms with E-state index in [-0.39, 0.29) is 6.17 Å². The summed E-state index contributed by atoms with van der Waals surface area (Å²) in [6.07, 6.45) is -0.242. The molecule has 3 N–H and O–H groups in total. The highest BCUT2D eigenvalue weighted by Crippen LogP contribution is 2.35. The Bertz CT molecular complexity index is 2330. The maximum atomic E-state index is 6.50. The van der Waals surface area contributed by atoms with E-state index in [4.69, 9.17) is 10.7 Å². The van der Waals surface area contributed by atoms with Crippen LogP contribution in [0.4, 0.5) is 0 Å². The van der Waals surface area contributed by atoms with Gasteiger partial charge in [0.2, 0.25) is 0 Å². The van der Waals surface area contributed by atoms with Crippen molar-refractivity contribution in [2.24, 2.45) is 5.73 Å². The summed E-state index contributed by atoms with van der Waals surface area (Å²) in [5, 5.41) is 9.49. The van der Waals surface area contributed by atoms with Gasteiger partial charge in [0.05, 0.1) is 17.4 Å². The van der Waals surface area contributed by atoms with Gasteiger partial charge in [-0.1, -0.05) is 127 Å². The maximum Gasteiger partial charge on any atom is 0.0812 e. The number of nitrogens with zero attached hydrogens (tertiary/aromatic N) is 1. The largest absolute Gasteiger partial charge is 0.312 e. The lowest BCUT2D eigenvalue weighted by atomic mass is 9.93. The van der Waals surface area contributed by atoms with Crippen molar-refractivity contribution < 1.29 is 0 Å². The molecule has 0 saturated carbocycles. The first kappa shape index (κ1) is 27.9. The summed E-state index contributed by atoms with van der Waals surface area (Å²) < 4.78 is 0. The molecule has 0 fully saturated rings. The Morgan fingerprint density at radius 2 is 1.07 bits per heavy atom. The lowest BCUT2D eigenvalue weighted by Crippen LogP contribution is -2.28. The van der Waals surface area contributed by atoms with E-state index < -0.39 is 0 Å². The molecule has 0 bridgehead atoms. The van der Waals surface area contributed by atoms with Gasteiger partial charge >= 0.3 is 0 Å². The van der Waals surface area contributed by atoms with E-state index in [1.54, 1.807) is 0 Å². The molecule has 0 spiro atoms. The molecule has 7 aromatic carbocycles. The standard InChI is InChI=1S/C43H33N3/c44-43(31-13-5-2-6-14-31)45-28-29-23-36(30-11-3-1-4-12-30)27-37(24-29)34-20-19-33-26-35(22-21-32(33)25-34)42-40-17-8-7-15-38(40)39-16-9-10-18-41(39)46-42/h1-27,43,45H,28,44H2. The van der Waals surface area contributed by atoms with Gasteiger partial charge in [0.25, 0.3) is 0 Å². The minimum Gasteiger partial charge on any atom is -0.312 e. The molecule has 1 aromatic heterocycles. The zero-order valence-electron chi connectivity index (χ0n) is 25.4. The molecule has 0 aliphatic heterocycles. The number of aromatic nitrogens is 1. The third kappa shape index (κ3) is 5.43. The van der Waals surface area contributed by atoms with Crippen molar-refractivity contribution in [2.75, 3.05) is 0 Å². The second kappa shape index (κ2) is 12.1. The highest BCUT2D eigenvalue weighted by Gasteiger charge is 2.12. The van der Waals surface area contributed by atoms with Crippen LogP contribution < -0.4 is 11.1 Å². The van der Waals surface area contributed by atoms with E-state index in [0.717, 1.165) is 22.3 Å². The topological polar surface area (TPSA) is 50.9 Å². The highest BCUT2D eigenvalue weighted by atomic mass is 15.0. The Balaban J connectivity index is 1.17. The fourth-order valence-electron chi connectivity index (χ4n) is 6.46. The SMILES string of the molecule is NC(NCc1cc(-c2ccccc2)cc(-c2ccc3cc(-c4nc5ccccc5c5ccccc45)ccc3c2)c1)c1ccccc1. The Kier molecular flexibility index (Phi) is 7.31. The quantitative estimate of drug-likeness (QED) is 0.143. The number of nitrogens with two attached hydrogens (primary N) is 1. The minimum absolute atomic E-state index is 0.242. The van der Waals surface area contributed by atoms with Crippen LogP contribution in [0.25, 0.3) is 66.0 Å². The molecule has 8 aromatic rings. The highest BCUT2D eigenvalue weighted by molar-refractivity contribution is 6.11. The molecular weight excluding hydrogens is 558 g/mol. The third-order valence-corrected chi connectivity index (χ3v) is 8.84. The van der Waals surface area contributed by atoms with Gasteiger partial charge in [0, 0.05) is 22.9 Å². The number of pyridine rings is 1. The van der Waals surface area contributed by atoms with Crippen LogP contribution in [0.3, 0.4) is 0 Å². The summed E-state index contributed by atoms with van der Waals surface area (Å²) in [7, 11) is 0. The van der Waals surface area contributed by atoms with E-state index in [0.29, 0.717) is 6.54 Å². The van der Waals surface area contributed by atoms with Crippen molar-refractivity contribution in [1.29, 1.82) is 0 Å². The molecule has 1 heterocycles. The van der Waals surface area contributed by atoms with Crippen LogP contribution in [-0.4, -0.2) is 4.98 Å². The van der Waals surface area contributed by atoms with Crippen molar-refractivity contribution in [3.05, 3.63) is 175 Å². The fraction of sp³-hybridized carbons (Fsp3) is 0.0465. The number of rotatable bonds is 7. The molecule has 0 amide bonds. The first-order chi connectivity index (χ1) is 22.7. The fourth-order valence-corrected chi connectivity index (χ4v) is 6.46. The Morgan fingerprint density at radius 1 is 0.478 bits per heavy atom. The third-order valence-electron chi connectivity index (χ3n) is 8.84. The van der Waals surface area contributed by atoms with Crippen molar-refractivity contribution in [2.45, 2.75) is 12.7 Å². The second-order valence-corrected chi connectivity index (χ2v) is 11.9. The maximum absolute atomic E-state index is 6.50. The zero-order valence-corrected chi connectivity index (χ0v) is 25.4. The second-order valence-electron chi connectivity index (χ2n) is 11.9. The Labute approximate surface area is 269 Å². The molecule has 3 nitrogen and oxygen atoms in total. The van der Waals surface area contributed by atoms with Crippen LogP contribution in [0.2, 0.25) is 0 Å². The molecule has 8 rings (SSSR count). The van der Waals surface area contributed by atoms with Crippen molar-refractivity contribution in [3.63, 3.8) is 0 Å². The molecular formula is C43H33N3. The van der Waals surface area contributed by atoms with Crippen LogP contribution in [0.15, 0.2) is 164 Å². The Hall–Kier alpha value is -5.61. The van der Waals surface area contributed by atoms with E-state index in [1.165, 1.54) is 54.7 Å². The van der Waals surface area contributed by atoms with Crippen molar-refractivity contribution in [3.8, 4) is 33.5 Å². The van der Waals surface area contributed by atoms with Crippen LogP contribution in [0, 0.1) is 0 Å². The molecule has 220 valence electrons. The number of hydrogen-bond donors (Lipinski definition) is 2. The monoisotopic (exact) mass is 591 g/mol. The molecule has 1 atom stereocenters. The van der Waals surface area contributed by atoms with Crippen LogP contribution >= 0.6 is 0 Å². The predicted octanol–water partition coefficient (Wildman–Crippen LogP) is 10.3. The average Bonchev–Trinajstić information content (AvgIpc) is 3.13. The minimum atomic E-state index is -0.242. The summed E-state index contributed by atoms with van der Waals surface area (Å²) in [4.78, 5) is 5.13. The predicted molar refractivity (Wildman–Crippen MR) is 193 cm³/mol. The average molecular weight is 592 g/mol. The molecule has 0 aliphatic rings. The summed E-state index contributed by atoms with van der Waals surface area (Å²) in [6.45, 7) is 0.660. The molecule has 1 unspecified atom stereocenters. The lowest BCUT2D eigenvalue weighted by molar-refractivity contribution is 0.552. The van der Waals surface area contributed by atoms with Crippen LogP contribution in [-0.2, 0) is 6.54 Å².